The van der Waals surface area contributed by atoms with E-state index in [0.29, 0.717) is 5.65 Å². The van der Waals surface area contributed by atoms with Crippen LogP contribution < -0.4 is 5.32 Å². The Hall–Kier alpha value is -2.97. The first-order valence-electron chi connectivity index (χ1n) is 6.82. The van der Waals surface area contributed by atoms with Gasteiger partial charge in [-0.1, -0.05) is 0 Å². The zero-order valence-corrected chi connectivity index (χ0v) is 12.0. The van der Waals surface area contributed by atoms with Crippen LogP contribution in [0.3, 0.4) is 0 Å². The lowest BCUT2D eigenvalue weighted by Gasteiger charge is -2.06. The third-order valence-electron chi connectivity index (χ3n) is 3.25. The summed E-state index contributed by atoms with van der Waals surface area (Å²) in [6.45, 7) is -0.787. The largest absolute Gasteiger partial charge is 0.346 e. The van der Waals surface area contributed by atoms with E-state index in [1.165, 1.54) is 22.7 Å². The van der Waals surface area contributed by atoms with Gasteiger partial charge in [-0.05, 0) is 30.3 Å². The Morgan fingerprint density at radius 1 is 1.17 bits per heavy atom. The van der Waals surface area contributed by atoms with E-state index in [1.54, 1.807) is 0 Å². The number of alkyl halides is 2. The number of fused-ring (bicyclic) bond motifs is 1. The van der Waals surface area contributed by atoms with Crippen LogP contribution in [0.5, 0.6) is 0 Å². The monoisotopic (exact) mass is 338 g/mol. The number of hydrogen-bond donors (Lipinski definition) is 1. The summed E-state index contributed by atoms with van der Waals surface area (Å²) < 4.78 is 52.9. The number of carbonyl (C=O) groups is 1. The maximum absolute atomic E-state index is 13.9. The fraction of sp³-hybridized carbons (Fsp3) is 0.133. The van der Waals surface area contributed by atoms with Crippen LogP contribution in [0, 0.1) is 11.6 Å². The average Bonchev–Trinajstić information content (AvgIpc) is 2.97. The highest BCUT2D eigenvalue weighted by Crippen LogP contribution is 2.23. The van der Waals surface area contributed by atoms with Gasteiger partial charge >= 0.3 is 0 Å². The third-order valence-corrected chi connectivity index (χ3v) is 3.25. The third kappa shape index (κ3) is 3.05. The highest BCUT2D eigenvalue weighted by atomic mass is 19.3. The Bertz CT molecular complexity index is 910. The van der Waals surface area contributed by atoms with Gasteiger partial charge in [-0.15, -0.1) is 10.2 Å². The summed E-state index contributed by atoms with van der Waals surface area (Å²) in [5, 5.41) is 9.67. The second kappa shape index (κ2) is 6.26. The molecule has 0 fully saturated rings. The van der Waals surface area contributed by atoms with Crippen LogP contribution in [0.4, 0.5) is 17.6 Å². The summed E-state index contributed by atoms with van der Waals surface area (Å²) >= 11 is 0. The molecule has 3 aromatic rings. The first-order chi connectivity index (χ1) is 11.5. The standard InChI is InChI=1S/C15H10F4N4O/c16-9-2-3-11(17)10(5-9)14-22-21-13-4-1-8(7-23(13)14)15(24)20-6-12(18)19/h1-5,7,12H,6H2,(H,20,24). The number of nitrogens with one attached hydrogen (secondary N) is 1. The molecule has 5 nitrogen and oxygen atoms in total. The minimum atomic E-state index is -2.68. The van der Waals surface area contributed by atoms with E-state index in [-0.39, 0.29) is 17.0 Å². The van der Waals surface area contributed by atoms with E-state index in [0.717, 1.165) is 18.2 Å². The topological polar surface area (TPSA) is 59.3 Å². The fourth-order valence-electron chi connectivity index (χ4n) is 2.15. The molecule has 3 rings (SSSR count). The zero-order chi connectivity index (χ0) is 17.3. The predicted octanol–water partition coefficient (Wildman–Crippen LogP) is 2.67. The molecule has 0 unspecified atom stereocenters. The lowest BCUT2D eigenvalue weighted by molar-refractivity contribution is 0.0891. The van der Waals surface area contributed by atoms with Crippen LogP contribution in [-0.4, -0.2) is 33.5 Å². The number of benzene rings is 1. The summed E-state index contributed by atoms with van der Waals surface area (Å²) in [5.41, 5.74) is 0.215. The lowest BCUT2D eigenvalue weighted by Crippen LogP contribution is -2.28. The molecule has 9 heteroatoms. The number of rotatable bonds is 4. The van der Waals surface area contributed by atoms with Crippen LogP contribution in [-0.2, 0) is 0 Å². The van der Waals surface area contributed by atoms with E-state index < -0.39 is 30.5 Å². The molecule has 1 amide bonds. The maximum atomic E-state index is 13.9. The van der Waals surface area contributed by atoms with Crippen molar-refractivity contribution in [2.75, 3.05) is 6.54 Å². The van der Waals surface area contributed by atoms with E-state index >= 15 is 0 Å². The molecular formula is C15H10F4N4O. The second-order valence-corrected chi connectivity index (χ2v) is 4.89. The highest BCUT2D eigenvalue weighted by molar-refractivity contribution is 5.94. The SMILES string of the molecule is O=C(NCC(F)F)c1ccc2nnc(-c3cc(F)ccc3F)n2c1. The van der Waals surface area contributed by atoms with Crippen LogP contribution in [0.25, 0.3) is 17.0 Å². The predicted molar refractivity (Wildman–Crippen MR) is 76.7 cm³/mol. The van der Waals surface area contributed by atoms with Gasteiger partial charge in [-0.25, -0.2) is 17.6 Å². The molecule has 0 aliphatic rings. The Morgan fingerprint density at radius 3 is 2.71 bits per heavy atom. The molecule has 2 heterocycles. The maximum Gasteiger partial charge on any atom is 0.255 e. The molecule has 1 aromatic carbocycles. The molecular weight excluding hydrogens is 328 g/mol. The van der Waals surface area contributed by atoms with Crippen molar-refractivity contribution in [3.63, 3.8) is 0 Å². The molecule has 0 radical (unpaired) electrons. The van der Waals surface area contributed by atoms with Crippen molar-refractivity contribution in [3.05, 3.63) is 53.7 Å². The first kappa shape index (κ1) is 15.9. The number of carbonyl (C=O) groups excluding carboxylic acids is 1. The average molecular weight is 338 g/mol. The van der Waals surface area contributed by atoms with E-state index in [2.05, 4.69) is 15.5 Å². The summed E-state index contributed by atoms with van der Waals surface area (Å²) in [5.74, 6) is -2.10. The van der Waals surface area contributed by atoms with Gasteiger partial charge in [-0.2, -0.15) is 0 Å². The van der Waals surface area contributed by atoms with Gasteiger partial charge in [0.05, 0.1) is 17.7 Å². The Morgan fingerprint density at radius 2 is 1.96 bits per heavy atom. The lowest BCUT2D eigenvalue weighted by atomic mass is 10.2. The molecule has 0 aliphatic carbocycles. The molecule has 0 saturated carbocycles. The molecule has 0 aliphatic heterocycles. The van der Waals surface area contributed by atoms with Crippen molar-refractivity contribution in [3.8, 4) is 11.4 Å². The molecule has 0 bridgehead atoms. The van der Waals surface area contributed by atoms with Crippen molar-refractivity contribution in [2.45, 2.75) is 6.43 Å². The number of halogens is 4. The van der Waals surface area contributed by atoms with Crippen LogP contribution in [0.2, 0.25) is 0 Å². The van der Waals surface area contributed by atoms with Gasteiger partial charge in [0.25, 0.3) is 12.3 Å². The van der Waals surface area contributed by atoms with Crippen LogP contribution in [0.1, 0.15) is 10.4 Å². The zero-order valence-electron chi connectivity index (χ0n) is 12.0. The molecule has 0 atom stereocenters. The van der Waals surface area contributed by atoms with Crippen LogP contribution >= 0.6 is 0 Å². The van der Waals surface area contributed by atoms with Crippen molar-refractivity contribution in [1.82, 2.24) is 19.9 Å². The van der Waals surface area contributed by atoms with E-state index in [9.17, 15) is 22.4 Å². The normalized spacial score (nSPS) is 11.2. The minimum Gasteiger partial charge on any atom is -0.346 e. The van der Waals surface area contributed by atoms with Crippen molar-refractivity contribution < 1.29 is 22.4 Å². The molecule has 124 valence electrons. The molecule has 1 N–H and O–H groups in total. The molecule has 24 heavy (non-hydrogen) atoms. The highest BCUT2D eigenvalue weighted by Gasteiger charge is 2.16. The van der Waals surface area contributed by atoms with Gasteiger partial charge in [0.1, 0.15) is 11.6 Å². The van der Waals surface area contributed by atoms with E-state index in [4.69, 9.17) is 0 Å². The van der Waals surface area contributed by atoms with Gasteiger partial charge in [0.15, 0.2) is 11.5 Å². The van der Waals surface area contributed by atoms with Crippen LogP contribution in [0.15, 0.2) is 36.5 Å². The first-order valence-corrected chi connectivity index (χ1v) is 6.82. The molecule has 0 saturated heterocycles. The summed E-state index contributed by atoms with van der Waals surface area (Å²) in [4.78, 5) is 11.9. The summed E-state index contributed by atoms with van der Waals surface area (Å²) in [7, 11) is 0. The Balaban J connectivity index is 2.03. The number of nitrogens with zero attached hydrogens (tertiary/aromatic N) is 3. The summed E-state index contributed by atoms with van der Waals surface area (Å²) in [6.07, 6.45) is -1.40. The van der Waals surface area contributed by atoms with Crippen molar-refractivity contribution >= 4 is 11.6 Å². The second-order valence-electron chi connectivity index (χ2n) is 4.89. The number of hydrogen-bond acceptors (Lipinski definition) is 3. The Labute approximate surface area is 132 Å². The van der Waals surface area contributed by atoms with Crippen molar-refractivity contribution in [1.29, 1.82) is 0 Å². The number of aromatic nitrogens is 3. The fourth-order valence-corrected chi connectivity index (χ4v) is 2.15. The van der Waals surface area contributed by atoms with Gasteiger partial charge in [0, 0.05) is 6.20 Å². The number of amides is 1. The van der Waals surface area contributed by atoms with Gasteiger partial charge < -0.3 is 5.32 Å². The quantitative estimate of drug-likeness (QED) is 0.744. The smallest absolute Gasteiger partial charge is 0.255 e. The molecule has 2 aromatic heterocycles. The summed E-state index contributed by atoms with van der Waals surface area (Å²) in [6, 6.07) is 5.66. The minimum absolute atomic E-state index is 0.00879. The van der Waals surface area contributed by atoms with Gasteiger partial charge in [0.2, 0.25) is 0 Å². The molecule has 0 spiro atoms. The van der Waals surface area contributed by atoms with Gasteiger partial charge in [-0.3, -0.25) is 9.20 Å². The number of pyridine rings is 1. The van der Waals surface area contributed by atoms with E-state index in [1.807, 2.05) is 0 Å². The van der Waals surface area contributed by atoms with Crippen molar-refractivity contribution in [2.24, 2.45) is 0 Å². The Kier molecular flexibility index (Phi) is 4.15.